The van der Waals surface area contributed by atoms with Gasteiger partial charge in [-0.3, -0.25) is 4.72 Å². The fourth-order valence-electron chi connectivity index (χ4n) is 4.07. The highest BCUT2D eigenvalue weighted by Gasteiger charge is 2.46. The molecule has 1 saturated heterocycles. The normalized spacial score (nSPS) is 17.0. The Labute approximate surface area is 200 Å². The lowest BCUT2D eigenvalue weighted by Gasteiger charge is -2.41. The van der Waals surface area contributed by atoms with Gasteiger partial charge in [0.15, 0.2) is 5.82 Å². The van der Waals surface area contributed by atoms with E-state index < -0.39 is 21.6 Å². The van der Waals surface area contributed by atoms with E-state index in [1.54, 1.807) is 17.0 Å². The molecule has 1 aliphatic rings. The molecule has 188 valence electrons. The van der Waals surface area contributed by atoms with E-state index in [4.69, 9.17) is 0 Å². The van der Waals surface area contributed by atoms with Crippen molar-refractivity contribution in [3.05, 3.63) is 42.6 Å². The highest BCUT2D eigenvalue weighted by atomic mass is 32.2. The summed E-state index contributed by atoms with van der Waals surface area (Å²) in [7, 11) is -3.55. The molecule has 0 radical (unpaired) electrons. The molecular weight excluding hydrogens is 485 g/mol. The molecule has 0 amide bonds. The third-order valence-corrected chi connectivity index (χ3v) is 7.11. The van der Waals surface area contributed by atoms with Gasteiger partial charge in [-0.15, -0.1) is 0 Å². The Hall–Kier alpha value is -3.48. The number of hydrogen-bond donors (Lipinski definition) is 2. The minimum absolute atomic E-state index is 0.208. The number of pyridine rings is 1. The van der Waals surface area contributed by atoms with Crippen LogP contribution in [0.3, 0.4) is 0 Å². The first kappa shape index (κ1) is 24.6. The SMILES string of the molecule is CCN(C)c1cccnc1N1CCN(c2cc3cc(NS(=O)(=O)C(F)(F)F)ccc3[nH]2)C(C=O)C1. The van der Waals surface area contributed by atoms with Crippen molar-refractivity contribution in [1.82, 2.24) is 9.97 Å². The van der Waals surface area contributed by atoms with E-state index in [-0.39, 0.29) is 5.69 Å². The van der Waals surface area contributed by atoms with E-state index in [0.29, 0.717) is 36.4 Å². The smallest absolute Gasteiger partial charge is 0.372 e. The number of hydrogen-bond acceptors (Lipinski definition) is 7. The fraction of sp³-hybridized carbons (Fsp3) is 0.364. The number of fused-ring (bicyclic) bond motifs is 1. The van der Waals surface area contributed by atoms with Crippen molar-refractivity contribution in [1.29, 1.82) is 0 Å². The number of sulfonamides is 1. The largest absolute Gasteiger partial charge is 0.516 e. The molecule has 3 aromatic rings. The van der Waals surface area contributed by atoms with Crippen molar-refractivity contribution >= 4 is 50.2 Å². The maximum atomic E-state index is 12.7. The van der Waals surface area contributed by atoms with E-state index in [1.165, 1.54) is 18.2 Å². The summed E-state index contributed by atoms with van der Waals surface area (Å²) in [4.78, 5) is 25.7. The zero-order chi connectivity index (χ0) is 25.4. The van der Waals surface area contributed by atoms with Crippen LogP contribution in [0.5, 0.6) is 0 Å². The van der Waals surface area contributed by atoms with Gasteiger partial charge in [0, 0.05) is 56.0 Å². The third-order valence-electron chi connectivity index (χ3n) is 6.00. The van der Waals surface area contributed by atoms with E-state index in [0.717, 1.165) is 24.3 Å². The van der Waals surface area contributed by atoms with Gasteiger partial charge in [-0.05, 0) is 43.3 Å². The summed E-state index contributed by atoms with van der Waals surface area (Å²) in [5.74, 6) is 1.40. The Kier molecular flexibility index (Phi) is 6.54. The van der Waals surface area contributed by atoms with Crippen molar-refractivity contribution in [3.63, 3.8) is 0 Å². The topological polar surface area (TPSA) is 102 Å². The molecule has 4 rings (SSSR count). The molecule has 2 N–H and O–H groups in total. The van der Waals surface area contributed by atoms with Crippen LogP contribution in [0.4, 0.5) is 36.2 Å². The van der Waals surface area contributed by atoms with Crippen LogP contribution < -0.4 is 19.4 Å². The lowest BCUT2D eigenvalue weighted by Crippen LogP contribution is -2.54. The molecule has 1 atom stereocenters. The predicted molar refractivity (Wildman–Crippen MR) is 129 cm³/mol. The minimum atomic E-state index is -5.52. The number of halogens is 3. The number of benzene rings is 1. The number of nitrogens with one attached hydrogen (secondary N) is 2. The first-order chi connectivity index (χ1) is 16.5. The van der Waals surface area contributed by atoms with E-state index in [2.05, 4.69) is 19.8 Å². The zero-order valence-corrected chi connectivity index (χ0v) is 19.9. The van der Waals surface area contributed by atoms with Crippen LogP contribution in [0.15, 0.2) is 42.6 Å². The molecule has 1 unspecified atom stereocenters. The number of aromatic amines is 1. The summed E-state index contributed by atoms with van der Waals surface area (Å²) in [6, 6.07) is 9.08. The summed E-state index contributed by atoms with van der Waals surface area (Å²) in [6.07, 6.45) is 2.57. The van der Waals surface area contributed by atoms with Gasteiger partial charge in [0.05, 0.1) is 5.69 Å². The maximum Gasteiger partial charge on any atom is 0.516 e. The van der Waals surface area contributed by atoms with Gasteiger partial charge in [-0.2, -0.15) is 21.6 Å². The van der Waals surface area contributed by atoms with Gasteiger partial charge < -0.3 is 24.5 Å². The Morgan fingerprint density at radius 1 is 1.26 bits per heavy atom. The summed E-state index contributed by atoms with van der Waals surface area (Å²) in [6.45, 7) is 4.33. The molecule has 3 heterocycles. The lowest BCUT2D eigenvalue weighted by atomic mass is 10.1. The molecule has 1 fully saturated rings. The molecule has 0 saturated carbocycles. The van der Waals surface area contributed by atoms with Gasteiger partial charge >= 0.3 is 15.5 Å². The molecule has 1 aromatic carbocycles. The van der Waals surface area contributed by atoms with Crippen molar-refractivity contribution in [2.24, 2.45) is 0 Å². The van der Waals surface area contributed by atoms with Gasteiger partial charge in [0.25, 0.3) is 0 Å². The van der Waals surface area contributed by atoms with Gasteiger partial charge in [0.2, 0.25) is 0 Å². The third kappa shape index (κ3) is 4.85. The zero-order valence-electron chi connectivity index (χ0n) is 19.1. The van der Waals surface area contributed by atoms with Crippen LogP contribution >= 0.6 is 0 Å². The number of anilines is 4. The van der Waals surface area contributed by atoms with E-state index in [9.17, 15) is 26.4 Å². The lowest BCUT2D eigenvalue weighted by molar-refractivity contribution is -0.109. The van der Waals surface area contributed by atoms with Crippen LogP contribution in [-0.2, 0) is 14.8 Å². The molecule has 13 heteroatoms. The van der Waals surface area contributed by atoms with Crippen LogP contribution in [0.1, 0.15) is 6.92 Å². The maximum absolute atomic E-state index is 12.7. The summed E-state index contributed by atoms with van der Waals surface area (Å²) in [5, 5.41) is 0.506. The van der Waals surface area contributed by atoms with Crippen molar-refractivity contribution in [2.45, 2.75) is 18.5 Å². The molecule has 1 aliphatic heterocycles. The first-order valence-electron chi connectivity index (χ1n) is 10.9. The summed E-state index contributed by atoms with van der Waals surface area (Å²) in [5.41, 5.74) is -4.06. The van der Waals surface area contributed by atoms with Gasteiger partial charge in [-0.25, -0.2) is 4.98 Å². The number of carbonyl (C=O) groups is 1. The Morgan fingerprint density at radius 2 is 2.03 bits per heavy atom. The first-order valence-corrected chi connectivity index (χ1v) is 12.4. The standard InChI is InChI=1S/C22H25F3N6O3S/c1-3-29(2)19-5-4-8-26-21(19)30-9-10-31(17(13-30)14-32)20-12-15-11-16(6-7-18(15)27-20)28-35(33,34)22(23,24)25/h4-8,11-12,14,17,27-28H,3,9-10,13H2,1-2H3. The van der Waals surface area contributed by atoms with Crippen LogP contribution in [0, 0.1) is 0 Å². The molecular formula is C22H25F3N6O3S. The number of nitrogens with zero attached hydrogens (tertiary/aromatic N) is 4. The monoisotopic (exact) mass is 510 g/mol. The van der Waals surface area contributed by atoms with Crippen LogP contribution in [0.2, 0.25) is 0 Å². The second-order valence-electron chi connectivity index (χ2n) is 8.21. The summed E-state index contributed by atoms with van der Waals surface area (Å²) >= 11 is 0. The molecule has 0 spiro atoms. The van der Waals surface area contributed by atoms with Crippen molar-refractivity contribution < 1.29 is 26.4 Å². The molecule has 35 heavy (non-hydrogen) atoms. The van der Waals surface area contributed by atoms with Crippen molar-refractivity contribution in [3.8, 4) is 0 Å². The minimum Gasteiger partial charge on any atom is -0.372 e. The highest BCUT2D eigenvalue weighted by Crippen LogP contribution is 2.32. The average Bonchev–Trinajstić information content (AvgIpc) is 3.25. The highest BCUT2D eigenvalue weighted by molar-refractivity contribution is 7.93. The molecule has 2 aromatic heterocycles. The fourth-order valence-corrected chi connectivity index (χ4v) is 4.62. The van der Waals surface area contributed by atoms with E-state index in [1.807, 2.05) is 31.0 Å². The predicted octanol–water partition coefficient (Wildman–Crippen LogP) is 3.17. The number of carbonyl (C=O) groups excluding carboxylic acids is 1. The molecule has 0 bridgehead atoms. The number of H-pyrrole nitrogens is 1. The van der Waals surface area contributed by atoms with E-state index >= 15 is 0 Å². The quantitative estimate of drug-likeness (QED) is 0.471. The Morgan fingerprint density at radius 3 is 2.71 bits per heavy atom. The van der Waals surface area contributed by atoms with Crippen molar-refractivity contribution in [2.75, 3.05) is 52.6 Å². The number of piperazine rings is 1. The average molecular weight is 511 g/mol. The molecule has 9 nitrogen and oxygen atoms in total. The second kappa shape index (κ2) is 9.29. The second-order valence-corrected chi connectivity index (χ2v) is 9.88. The number of aldehydes is 1. The number of rotatable bonds is 7. The Bertz CT molecular complexity index is 1330. The Balaban J connectivity index is 1.57. The number of aromatic nitrogens is 2. The van der Waals surface area contributed by atoms with Gasteiger partial charge in [0.1, 0.15) is 18.1 Å². The number of alkyl halides is 3. The molecule has 0 aliphatic carbocycles. The van der Waals surface area contributed by atoms with Crippen LogP contribution in [0.25, 0.3) is 10.9 Å². The summed E-state index contributed by atoms with van der Waals surface area (Å²) < 4.78 is 62.5. The van der Waals surface area contributed by atoms with Gasteiger partial charge in [-0.1, -0.05) is 0 Å². The van der Waals surface area contributed by atoms with Crippen LogP contribution in [-0.4, -0.2) is 69.4 Å².